The molecule has 0 saturated heterocycles. The number of anilines is 6. The predicted octanol–water partition coefficient (Wildman–Crippen LogP) is 10.8. The van der Waals surface area contributed by atoms with E-state index in [4.69, 9.17) is 0 Å². The summed E-state index contributed by atoms with van der Waals surface area (Å²) in [7, 11) is 0. The van der Waals surface area contributed by atoms with Crippen LogP contribution in [0.25, 0.3) is 66.1 Å². The molecule has 0 aliphatic carbocycles. The van der Waals surface area contributed by atoms with Crippen LogP contribution in [0.15, 0.2) is 218 Å². The smallest absolute Gasteiger partial charge is 0.252 e. The van der Waals surface area contributed by atoms with Crippen LogP contribution in [-0.2, 0) is 0 Å². The zero-order chi connectivity index (χ0) is 42.8. The average molecular weight is 835 g/mol. The van der Waals surface area contributed by atoms with Gasteiger partial charge in [-0.05, 0) is 105 Å². The third-order valence-corrected chi connectivity index (χ3v) is 15.2. The summed E-state index contributed by atoms with van der Waals surface area (Å²) in [6, 6.07) is 81.6. The summed E-state index contributed by atoms with van der Waals surface area (Å²) in [4.78, 5) is 5.09. The van der Waals surface area contributed by atoms with Crippen molar-refractivity contribution in [3.05, 3.63) is 218 Å². The fraction of sp³-hybridized carbons (Fsp3) is 0. The van der Waals surface area contributed by atoms with Gasteiger partial charge in [0, 0.05) is 72.6 Å². The molecule has 0 unspecified atom stereocenters. The highest BCUT2D eigenvalue weighted by Gasteiger charge is 2.50. The van der Waals surface area contributed by atoms with E-state index >= 15 is 0 Å². The van der Waals surface area contributed by atoms with Gasteiger partial charge in [0.1, 0.15) is 0 Å². The Morgan fingerprint density at radius 2 is 0.833 bits per heavy atom. The second kappa shape index (κ2) is 12.6. The Hall–Kier alpha value is -8.47. The van der Waals surface area contributed by atoms with Crippen molar-refractivity contribution in [2.24, 2.45) is 0 Å². The van der Waals surface area contributed by atoms with Gasteiger partial charge in [0.2, 0.25) is 0 Å². The van der Waals surface area contributed by atoms with Gasteiger partial charge in [0.15, 0.2) is 0 Å². The Balaban J connectivity index is 1.13. The molecule has 2 aromatic heterocycles. The van der Waals surface area contributed by atoms with Crippen LogP contribution in [0.4, 0.5) is 34.1 Å². The molecule has 0 atom stereocenters. The van der Waals surface area contributed by atoms with E-state index in [9.17, 15) is 0 Å². The normalized spacial score (nSPS) is 13.6. The van der Waals surface area contributed by atoms with Gasteiger partial charge in [0.05, 0.1) is 16.6 Å². The summed E-state index contributed by atoms with van der Waals surface area (Å²) in [5, 5.41) is 5.17. The molecule has 0 bridgehead atoms. The van der Waals surface area contributed by atoms with E-state index in [1.54, 1.807) is 0 Å². The third-order valence-electron chi connectivity index (χ3n) is 15.2. The predicted molar refractivity (Wildman–Crippen MR) is 279 cm³/mol. The standard InChI is InChI=1S/C60H36B2N4/c1-4-18-37(19-5-1)38-20-16-25-41(34-38)65-49-31-13-10-26-42(49)44-35-48-59-54(58(44)65)43-27-17-30-47-57(43)66(59)60-55-52(63(39-21-6-2-7-22-39)50-32-14-11-28-45(50)61(47)55)36-53-56(60)62(48)46-29-12-15-33-51(46)64(53)40-23-8-3-9-24-40/h1-36H. The van der Waals surface area contributed by atoms with Crippen molar-refractivity contribution < 1.29 is 0 Å². The van der Waals surface area contributed by atoms with Crippen molar-refractivity contribution in [2.45, 2.75) is 0 Å². The summed E-state index contributed by atoms with van der Waals surface area (Å²) in [6.45, 7) is 0.0265. The Kier molecular flexibility index (Phi) is 6.68. The van der Waals surface area contributed by atoms with Gasteiger partial charge < -0.3 is 18.9 Å². The number of nitrogens with zero attached hydrogens (tertiary/aromatic N) is 4. The second-order valence-electron chi connectivity index (χ2n) is 18.3. The molecule has 66 heavy (non-hydrogen) atoms. The molecule has 12 aromatic rings. The highest BCUT2D eigenvalue weighted by atomic mass is 15.2. The molecule has 302 valence electrons. The van der Waals surface area contributed by atoms with Crippen LogP contribution in [0, 0.1) is 0 Å². The lowest BCUT2D eigenvalue weighted by molar-refractivity contribution is 1.17. The molecule has 4 aliphatic rings. The minimum Gasteiger partial charge on any atom is -0.311 e. The lowest BCUT2D eigenvalue weighted by Crippen LogP contribution is -2.67. The van der Waals surface area contributed by atoms with E-state index in [1.165, 1.54) is 116 Å². The van der Waals surface area contributed by atoms with Crippen LogP contribution >= 0.6 is 0 Å². The minimum atomic E-state index is -0.00626. The summed E-state index contributed by atoms with van der Waals surface area (Å²) < 4.78 is 5.30. The molecular weight excluding hydrogens is 798 g/mol. The van der Waals surface area contributed by atoms with Crippen molar-refractivity contribution in [1.29, 1.82) is 0 Å². The largest absolute Gasteiger partial charge is 0.311 e. The summed E-state index contributed by atoms with van der Waals surface area (Å²) in [6.07, 6.45) is 0. The molecule has 0 saturated carbocycles. The van der Waals surface area contributed by atoms with Gasteiger partial charge in [0.25, 0.3) is 13.4 Å². The van der Waals surface area contributed by atoms with E-state index < -0.39 is 0 Å². The molecule has 0 fully saturated rings. The second-order valence-corrected chi connectivity index (χ2v) is 18.3. The highest BCUT2D eigenvalue weighted by molar-refractivity contribution is 7.04. The number of fused-ring (bicyclic) bond motifs is 11. The van der Waals surface area contributed by atoms with Gasteiger partial charge in [-0.1, -0.05) is 158 Å². The van der Waals surface area contributed by atoms with E-state index in [1.807, 2.05) is 0 Å². The first-order valence-corrected chi connectivity index (χ1v) is 23.1. The van der Waals surface area contributed by atoms with Crippen molar-refractivity contribution in [2.75, 3.05) is 9.80 Å². The summed E-state index contributed by atoms with van der Waals surface area (Å²) in [5.41, 5.74) is 25.4. The number of hydrogen-bond acceptors (Lipinski definition) is 2. The first-order valence-electron chi connectivity index (χ1n) is 23.1. The molecule has 6 heterocycles. The van der Waals surface area contributed by atoms with Gasteiger partial charge >= 0.3 is 0 Å². The molecule has 4 aliphatic heterocycles. The Morgan fingerprint density at radius 1 is 0.303 bits per heavy atom. The molecule has 10 aromatic carbocycles. The summed E-state index contributed by atoms with van der Waals surface area (Å²) in [5.74, 6) is 0. The Labute approximate surface area is 382 Å². The van der Waals surface area contributed by atoms with Crippen molar-refractivity contribution in [3.8, 4) is 22.5 Å². The molecule has 0 spiro atoms. The van der Waals surface area contributed by atoms with Crippen LogP contribution < -0.4 is 42.6 Å². The number of benzene rings is 10. The maximum absolute atomic E-state index is 2.73. The van der Waals surface area contributed by atoms with Crippen LogP contribution in [0.3, 0.4) is 0 Å². The molecule has 0 radical (unpaired) electrons. The first kappa shape index (κ1) is 34.9. The van der Waals surface area contributed by atoms with E-state index in [2.05, 4.69) is 237 Å². The quantitative estimate of drug-likeness (QED) is 0.164. The highest BCUT2D eigenvalue weighted by Crippen LogP contribution is 2.49. The molecule has 0 N–H and O–H groups in total. The molecular formula is C60H36B2N4. The fourth-order valence-electron chi connectivity index (χ4n) is 12.8. The topological polar surface area (TPSA) is 16.3 Å². The van der Waals surface area contributed by atoms with E-state index in [-0.39, 0.29) is 13.4 Å². The average Bonchev–Trinajstić information content (AvgIpc) is 3.91. The molecule has 6 heteroatoms. The zero-order valence-corrected chi connectivity index (χ0v) is 35.7. The van der Waals surface area contributed by atoms with E-state index in [0.29, 0.717) is 0 Å². The number of hydrogen-bond donors (Lipinski definition) is 0. The molecule has 16 rings (SSSR count). The Bertz CT molecular complexity index is 4080. The fourth-order valence-corrected chi connectivity index (χ4v) is 12.8. The maximum Gasteiger partial charge on any atom is 0.252 e. The zero-order valence-electron chi connectivity index (χ0n) is 35.7. The van der Waals surface area contributed by atoms with Crippen molar-refractivity contribution >= 4 is 124 Å². The van der Waals surface area contributed by atoms with E-state index in [0.717, 1.165) is 17.1 Å². The maximum atomic E-state index is 2.73. The van der Waals surface area contributed by atoms with Gasteiger partial charge in [-0.2, -0.15) is 0 Å². The SMILES string of the molecule is c1ccc(-c2cccc(-n3c4ccccc4c4cc5c6c(c7cccc8c7n6-c6c7c(cc9c6B5c5ccccc5N9c5ccccc5)N(c5ccccc5)c5ccccc5B78)c43)c2)cc1. The Morgan fingerprint density at radius 3 is 1.53 bits per heavy atom. The number of para-hydroxylation sites is 6. The summed E-state index contributed by atoms with van der Waals surface area (Å²) >= 11 is 0. The lowest BCUT2D eigenvalue weighted by atomic mass is 9.29. The van der Waals surface area contributed by atoms with Crippen LogP contribution in [0.1, 0.15) is 0 Å². The molecule has 0 amide bonds. The van der Waals surface area contributed by atoms with Crippen LogP contribution in [0.2, 0.25) is 0 Å². The van der Waals surface area contributed by atoms with Gasteiger partial charge in [-0.15, -0.1) is 0 Å². The van der Waals surface area contributed by atoms with Crippen LogP contribution in [0.5, 0.6) is 0 Å². The van der Waals surface area contributed by atoms with Gasteiger partial charge in [-0.3, -0.25) is 0 Å². The minimum absolute atomic E-state index is 0.00626. The van der Waals surface area contributed by atoms with Crippen molar-refractivity contribution in [3.63, 3.8) is 0 Å². The van der Waals surface area contributed by atoms with Crippen molar-refractivity contribution in [1.82, 2.24) is 9.13 Å². The monoisotopic (exact) mass is 834 g/mol. The first-order chi connectivity index (χ1) is 32.8. The molecule has 4 nitrogen and oxygen atoms in total. The lowest BCUT2D eigenvalue weighted by Gasteiger charge is -2.46. The van der Waals surface area contributed by atoms with Gasteiger partial charge in [-0.25, -0.2) is 0 Å². The van der Waals surface area contributed by atoms with Crippen LogP contribution in [-0.4, -0.2) is 22.6 Å². The third kappa shape index (κ3) is 4.28. The number of aromatic nitrogens is 2. The number of rotatable bonds is 4.